The zero-order chi connectivity index (χ0) is 7.90. The minimum absolute atomic E-state index is 0.242. The fourth-order valence-electron chi connectivity index (χ4n) is 0.907. The second-order valence-electron chi connectivity index (χ2n) is 2.82. The standard InChI is InChI=1S/C6H9N5/c7-5-10-3-9-4(11-5)6(8)1-2-6/h3H,1-2,8H2,(H2,7,9,10,11). The van der Waals surface area contributed by atoms with Crippen molar-refractivity contribution in [3.05, 3.63) is 12.2 Å². The number of hydrogen-bond acceptors (Lipinski definition) is 5. The van der Waals surface area contributed by atoms with Gasteiger partial charge in [0.25, 0.3) is 0 Å². The molecule has 0 aliphatic heterocycles. The van der Waals surface area contributed by atoms with Gasteiger partial charge < -0.3 is 11.5 Å². The van der Waals surface area contributed by atoms with E-state index in [1.807, 2.05) is 0 Å². The van der Waals surface area contributed by atoms with Crippen LogP contribution in [0.25, 0.3) is 0 Å². The van der Waals surface area contributed by atoms with E-state index in [4.69, 9.17) is 11.5 Å². The van der Waals surface area contributed by atoms with Crippen LogP contribution >= 0.6 is 0 Å². The van der Waals surface area contributed by atoms with E-state index in [1.165, 1.54) is 6.33 Å². The summed E-state index contributed by atoms with van der Waals surface area (Å²) in [5.41, 5.74) is 10.9. The molecule has 58 valence electrons. The van der Waals surface area contributed by atoms with Gasteiger partial charge in [-0.2, -0.15) is 4.98 Å². The summed E-state index contributed by atoms with van der Waals surface area (Å²) < 4.78 is 0. The van der Waals surface area contributed by atoms with Crippen molar-refractivity contribution >= 4 is 5.95 Å². The van der Waals surface area contributed by atoms with Crippen LogP contribution in [0.4, 0.5) is 5.95 Å². The zero-order valence-corrected chi connectivity index (χ0v) is 5.99. The van der Waals surface area contributed by atoms with Gasteiger partial charge in [-0.05, 0) is 12.8 Å². The van der Waals surface area contributed by atoms with Crippen molar-refractivity contribution in [1.29, 1.82) is 0 Å². The second kappa shape index (κ2) is 1.88. The third-order valence-corrected chi connectivity index (χ3v) is 1.82. The number of rotatable bonds is 1. The molecule has 1 heterocycles. The summed E-state index contributed by atoms with van der Waals surface area (Å²) in [6, 6.07) is 0. The average Bonchev–Trinajstić information content (AvgIpc) is 2.70. The van der Waals surface area contributed by atoms with Gasteiger partial charge in [-0.25, -0.2) is 9.97 Å². The topological polar surface area (TPSA) is 90.7 Å². The highest BCUT2D eigenvalue weighted by Gasteiger charge is 2.43. The van der Waals surface area contributed by atoms with E-state index in [-0.39, 0.29) is 11.5 Å². The molecule has 4 N–H and O–H groups in total. The van der Waals surface area contributed by atoms with Gasteiger partial charge in [0.2, 0.25) is 5.95 Å². The van der Waals surface area contributed by atoms with Crippen molar-refractivity contribution in [1.82, 2.24) is 15.0 Å². The van der Waals surface area contributed by atoms with Crippen LogP contribution in [0.5, 0.6) is 0 Å². The van der Waals surface area contributed by atoms with Crippen molar-refractivity contribution < 1.29 is 0 Å². The highest BCUT2D eigenvalue weighted by molar-refractivity contribution is 5.20. The molecule has 1 fully saturated rings. The number of anilines is 1. The van der Waals surface area contributed by atoms with Crippen LogP contribution in [-0.2, 0) is 5.54 Å². The Morgan fingerprint density at radius 3 is 2.64 bits per heavy atom. The van der Waals surface area contributed by atoms with Crippen LogP contribution in [0.3, 0.4) is 0 Å². The Balaban J connectivity index is 2.38. The van der Waals surface area contributed by atoms with E-state index in [1.54, 1.807) is 0 Å². The highest BCUT2D eigenvalue weighted by Crippen LogP contribution is 2.40. The summed E-state index contributed by atoms with van der Waals surface area (Å²) in [5, 5.41) is 0. The monoisotopic (exact) mass is 151 g/mol. The van der Waals surface area contributed by atoms with Crippen molar-refractivity contribution in [2.45, 2.75) is 18.4 Å². The van der Waals surface area contributed by atoms with Crippen molar-refractivity contribution in [2.75, 3.05) is 5.73 Å². The van der Waals surface area contributed by atoms with Crippen LogP contribution in [0.1, 0.15) is 18.7 Å². The number of nitrogens with zero attached hydrogens (tertiary/aromatic N) is 3. The molecule has 0 saturated heterocycles. The molecule has 1 saturated carbocycles. The lowest BCUT2D eigenvalue weighted by Crippen LogP contribution is -2.22. The van der Waals surface area contributed by atoms with E-state index in [9.17, 15) is 0 Å². The Kier molecular flexibility index (Phi) is 1.11. The minimum atomic E-state index is -0.308. The Bertz CT molecular complexity index is 280. The second-order valence-corrected chi connectivity index (χ2v) is 2.82. The van der Waals surface area contributed by atoms with Gasteiger partial charge in [-0.15, -0.1) is 0 Å². The molecule has 1 aliphatic carbocycles. The van der Waals surface area contributed by atoms with Gasteiger partial charge in [0.05, 0.1) is 5.54 Å². The molecule has 0 spiro atoms. The predicted molar refractivity (Wildman–Crippen MR) is 39.3 cm³/mol. The van der Waals surface area contributed by atoms with E-state index in [0.29, 0.717) is 5.82 Å². The molecular formula is C6H9N5. The van der Waals surface area contributed by atoms with Crippen molar-refractivity contribution in [3.63, 3.8) is 0 Å². The van der Waals surface area contributed by atoms with Crippen molar-refractivity contribution in [3.8, 4) is 0 Å². The number of hydrogen-bond donors (Lipinski definition) is 2. The quantitative estimate of drug-likeness (QED) is 0.559. The molecule has 0 radical (unpaired) electrons. The van der Waals surface area contributed by atoms with Gasteiger partial charge in [-0.3, -0.25) is 0 Å². The van der Waals surface area contributed by atoms with Gasteiger partial charge in [0.1, 0.15) is 6.33 Å². The molecule has 2 rings (SSSR count). The zero-order valence-electron chi connectivity index (χ0n) is 5.99. The summed E-state index contributed by atoms with van der Waals surface area (Å²) in [4.78, 5) is 11.6. The Hall–Kier alpha value is -1.23. The SMILES string of the molecule is Nc1ncnc(C2(N)CC2)n1. The molecular weight excluding hydrogens is 142 g/mol. The first-order valence-corrected chi connectivity index (χ1v) is 3.45. The molecule has 1 aromatic rings. The smallest absolute Gasteiger partial charge is 0.223 e. The van der Waals surface area contributed by atoms with Crippen LogP contribution in [0.15, 0.2) is 6.33 Å². The maximum Gasteiger partial charge on any atom is 0.223 e. The molecule has 5 nitrogen and oxygen atoms in total. The summed E-state index contributed by atoms with van der Waals surface area (Å²) >= 11 is 0. The number of aromatic nitrogens is 3. The summed E-state index contributed by atoms with van der Waals surface area (Å²) in [7, 11) is 0. The lowest BCUT2D eigenvalue weighted by Gasteiger charge is -2.04. The fraction of sp³-hybridized carbons (Fsp3) is 0.500. The third kappa shape index (κ3) is 1.03. The Morgan fingerprint density at radius 1 is 1.36 bits per heavy atom. The molecule has 0 unspecified atom stereocenters. The largest absolute Gasteiger partial charge is 0.368 e. The van der Waals surface area contributed by atoms with Crippen LogP contribution in [-0.4, -0.2) is 15.0 Å². The highest BCUT2D eigenvalue weighted by atomic mass is 15.1. The first-order chi connectivity index (χ1) is 5.21. The van der Waals surface area contributed by atoms with E-state index in [2.05, 4.69) is 15.0 Å². The lowest BCUT2D eigenvalue weighted by atomic mass is 10.3. The predicted octanol–water partition coefficient (Wildman–Crippen LogP) is -0.598. The summed E-state index contributed by atoms with van der Waals surface area (Å²) in [6.07, 6.45) is 3.28. The maximum absolute atomic E-state index is 5.83. The number of nitrogen functional groups attached to an aromatic ring is 1. The molecule has 0 amide bonds. The molecule has 5 heteroatoms. The molecule has 11 heavy (non-hydrogen) atoms. The normalized spacial score (nSPS) is 19.7. The molecule has 0 atom stereocenters. The van der Waals surface area contributed by atoms with Gasteiger partial charge >= 0.3 is 0 Å². The van der Waals surface area contributed by atoms with E-state index >= 15 is 0 Å². The van der Waals surface area contributed by atoms with Gasteiger partial charge in [0, 0.05) is 0 Å². The van der Waals surface area contributed by atoms with E-state index in [0.717, 1.165) is 12.8 Å². The van der Waals surface area contributed by atoms with Gasteiger partial charge in [-0.1, -0.05) is 0 Å². The molecule has 0 aromatic carbocycles. The summed E-state index contributed by atoms with van der Waals surface area (Å²) in [6.45, 7) is 0. The maximum atomic E-state index is 5.83. The van der Waals surface area contributed by atoms with Crippen molar-refractivity contribution in [2.24, 2.45) is 5.73 Å². The molecule has 1 aliphatic rings. The Labute approximate surface area is 63.9 Å². The molecule has 0 bridgehead atoms. The first kappa shape index (κ1) is 6.48. The number of nitrogens with two attached hydrogens (primary N) is 2. The lowest BCUT2D eigenvalue weighted by molar-refractivity contribution is 0.666. The minimum Gasteiger partial charge on any atom is -0.368 e. The molecule has 1 aromatic heterocycles. The van der Waals surface area contributed by atoms with E-state index < -0.39 is 0 Å². The fourth-order valence-corrected chi connectivity index (χ4v) is 0.907. The van der Waals surface area contributed by atoms with Gasteiger partial charge in [0.15, 0.2) is 5.82 Å². The third-order valence-electron chi connectivity index (χ3n) is 1.82. The van der Waals surface area contributed by atoms with Crippen LogP contribution in [0, 0.1) is 0 Å². The van der Waals surface area contributed by atoms with Crippen LogP contribution < -0.4 is 11.5 Å². The van der Waals surface area contributed by atoms with Crippen LogP contribution in [0.2, 0.25) is 0 Å². The first-order valence-electron chi connectivity index (χ1n) is 3.45. The average molecular weight is 151 g/mol. The summed E-state index contributed by atoms with van der Waals surface area (Å²) in [5.74, 6) is 0.858. The Morgan fingerprint density at radius 2 is 2.09 bits per heavy atom.